The Balaban J connectivity index is 1.50. The predicted octanol–water partition coefficient (Wildman–Crippen LogP) is 4.03. The van der Waals surface area contributed by atoms with Crippen LogP contribution in [0.1, 0.15) is 33.7 Å². The number of aromatic nitrogens is 2. The van der Waals surface area contributed by atoms with Gasteiger partial charge >= 0.3 is 0 Å². The van der Waals surface area contributed by atoms with Gasteiger partial charge in [0.05, 0.1) is 4.88 Å². The van der Waals surface area contributed by atoms with Crippen molar-refractivity contribution in [3.63, 3.8) is 0 Å². The highest BCUT2D eigenvalue weighted by atomic mass is 32.1. The molecule has 32 heavy (non-hydrogen) atoms. The van der Waals surface area contributed by atoms with E-state index in [4.69, 9.17) is 4.74 Å². The molecule has 0 radical (unpaired) electrons. The highest BCUT2D eigenvalue weighted by Crippen LogP contribution is 2.39. The molecule has 1 atom stereocenters. The van der Waals surface area contributed by atoms with E-state index in [-0.39, 0.29) is 5.91 Å². The summed E-state index contributed by atoms with van der Waals surface area (Å²) < 4.78 is 6.16. The third-order valence-corrected chi connectivity index (χ3v) is 7.36. The smallest absolute Gasteiger partial charge is 0.242 e. The summed E-state index contributed by atoms with van der Waals surface area (Å²) >= 11 is 3.20. The lowest BCUT2D eigenvalue weighted by molar-refractivity contribution is -0.125. The number of hydrogen-bond acceptors (Lipinski definition) is 8. The highest BCUT2D eigenvalue weighted by molar-refractivity contribution is 7.21. The van der Waals surface area contributed by atoms with E-state index in [2.05, 4.69) is 21.9 Å². The quantitative estimate of drug-likeness (QED) is 0.477. The molecule has 0 fully saturated rings. The molecule has 2 aromatic heterocycles. The fourth-order valence-electron chi connectivity index (χ4n) is 3.75. The lowest BCUT2D eigenvalue weighted by atomic mass is 10.1. The van der Waals surface area contributed by atoms with E-state index in [9.17, 15) is 9.59 Å². The second-order valence-electron chi connectivity index (χ2n) is 7.43. The number of ether oxygens (including phenoxy) is 1. The molecule has 0 saturated heterocycles. The number of benzene rings is 1. The zero-order valence-corrected chi connectivity index (χ0v) is 19.6. The zero-order valence-electron chi connectivity index (χ0n) is 18.0. The Morgan fingerprint density at radius 1 is 1.31 bits per heavy atom. The fraction of sp³-hybridized carbons (Fsp3) is 0.304. The first-order chi connectivity index (χ1) is 15.5. The van der Waals surface area contributed by atoms with Gasteiger partial charge in [-0.1, -0.05) is 18.7 Å². The van der Waals surface area contributed by atoms with Gasteiger partial charge in [0.2, 0.25) is 5.91 Å². The van der Waals surface area contributed by atoms with E-state index < -0.39 is 6.04 Å². The molecule has 0 saturated carbocycles. The molecule has 3 aromatic rings. The molecule has 1 aromatic carbocycles. The van der Waals surface area contributed by atoms with Crippen LogP contribution in [0.2, 0.25) is 0 Å². The maximum atomic E-state index is 12.5. The van der Waals surface area contributed by atoms with Crippen molar-refractivity contribution in [2.75, 3.05) is 7.05 Å². The maximum Gasteiger partial charge on any atom is 0.242 e. The number of aldehydes is 1. The van der Waals surface area contributed by atoms with Crippen LogP contribution in [0, 0.1) is 6.92 Å². The molecule has 7 nitrogen and oxygen atoms in total. The second kappa shape index (κ2) is 9.62. The van der Waals surface area contributed by atoms with Crippen LogP contribution in [0.15, 0.2) is 37.2 Å². The average molecular weight is 469 g/mol. The number of carbonyl (C=O) groups excluding carboxylic acids is 2. The standard InChI is InChI=1S/C23H24N4O3S2/c1-14-10-25-22(31-14)23-26-11-16(32-23)13-30-20-8-4-6-17-15(2)27(12-18(17)20)19(7-5-9-28)21(29)24-3/h4,6,8-11,19H,2,5,7,12-13H2,1,3H3,(H,24,29). The molecule has 9 heteroatoms. The van der Waals surface area contributed by atoms with Gasteiger partial charge in [-0.2, -0.15) is 0 Å². The van der Waals surface area contributed by atoms with Gasteiger partial charge < -0.3 is 19.7 Å². The fourth-order valence-corrected chi connectivity index (χ4v) is 5.37. The molecule has 4 rings (SSSR count). The van der Waals surface area contributed by atoms with Gasteiger partial charge in [0.25, 0.3) is 0 Å². The molecule has 0 spiro atoms. The van der Waals surface area contributed by atoms with Gasteiger partial charge in [-0.15, -0.1) is 22.7 Å². The first kappa shape index (κ1) is 22.2. The number of rotatable bonds is 9. The lowest BCUT2D eigenvalue weighted by Crippen LogP contribution is -2.43. The largest absolute Gasteiger partial charge is 0.488 e. The lowest BCUT2D eigenvalue weighted by Gasteiger charge is -2.28. The minimum atomic E-state index is -0.455. The summed E-state index contributed by atoms with van der Waals surface area (Å²) in [6, 6.07) is 5.39. The van der Waals surface area contributed by atoms with Crippen molar-refractivity contribution in [1.29, 1.82) is 0 Å². The van der Waals surface area contributed by atoms with Crippen LogP contribution in [-0.4, -0.2) is 40.2 Å². The monoisotopic (exact) mass is 468 g/mol. The molecule has 1 unspecified atom stereocenters. The Morgan fingerprint density at radius 3 is 2.81 bits per heavy atom. The Labute approximate surface area is 194 Å². The summed E-state index contributed by atoms with van der Waals surface area (Å²) in [6.45, 7) is 7.14. The van der Waals surface area contributed by atoms with E-state index in [0.717, 1.165) is 48.6 Å². The van der Waals surface area contributed by atoms with Crippen LogP contribution in [0.25, 0.3) is 15.7 Å². The number of carbonyl (C=O) groups is 2. The second-order valence-corrected chi connectivity index (χ2v) is 9.78. The van der Waals surface area contributed by atoms with Gasteiger partial charge in [-0.3, -0.25) is 4.79 Å². The molecule has 1 N–H and O–H groups in total. The van der Waals surface area contributed by atoms with Crippen molar-refractivity contribution in [1.82, 2.24) is 20.2 Å². The Hall–Kier alpha value is -3.04. The number of fused-ring (bicyclic) bond motifs is 1. The van der Waals surface area contributed by atoms with Crippen molar-refractivity contribution in [2.45, 2.75) is 39.0 Å². The van der Waals surface area contributed by atoms with Crippen LogP contribution >= 0.6 is 22.7 Å². The van der Waals surface area contributed by atoms with Crippen LogP contribution in [0.4, 0.5) is 0 Å². The molecular formula is C23H24N4O3S2. The molecule has 0 aliphatic carbocycles. The first-order valence-electron chi connectivity index (χ1n) is 10.2. The van der Waals surface area contributed by atoms with Crippen molar-refractivity contribution in [3.8, 4) is 15.8 Å². The van der Waals surface area contributed by atoms with Gasteiger partial charge in [0.1, 0.15) is 24.7 Å². The third-order valence-electron chi connectivity index (χ3n) is 5.33. The topological polar surface area (TPSA) is 84.4 Å². The summed E-state index contributed by atoms with van der Waals surface area (Å²) in [5.41, 5.74) is 2.73. The van der Waals surface area contributed by atoms with Crippen molar-refractivity contribution in [3.05, 3.63) is 58.1 Å². The Morgan fingerprint density at radius 2 is 2.09 bits per heavy atom. The molecule has 1 amide bonds. The minimum absolute atomic E-state index is 0.127. The number of aryl methyl sites for hydroxylation is 1. The van der Waals surface area contributed by atoms with E-state index in [1.165, 1.54) is 0 Å². The maximum absolute atomic E-state index is 12.5. The SMILES string of the molecule is C=C1c2cccc(OCc3cnc(-c4ncc(C)s4)s3)c2CN1C(CCC=O)C(=O)NC. The minimum Gasteiger partial charge on any atom is -0.488 e. The van der Waals surface area contributed by atoms with Crippen LogP contribution < -0.4 is 10.1 Å². The van der Waals surface area contributed by atoms with Gasteiger partial charge in [-0.25, -0.2) is 9.97 Å². The molecular weight excluding hydrogens is 444 g/mol. The summed E-state index contributed by atoms with van der Waals surface area (Å²) in [6.07, 6.45) is 5.27. The molecule has 3 heterocycles. The average Bonchev–Trinajstić information content (AvgIpc) is 3.52. The van der Waals surface area contributed by atoms with Gasteiger partial charge in [-0.05, 0) is 19.4 Å². The van der Waals surface area contributed by atoms with E-state index >= 15 is 0 Å². The first-order valence-corrected chi connectivity index (χ1v) is 11.9. The van der Waals surface area contributed by atoms with Crippen LogP contribution in [0.5, 0.6) is 5.75 Å². The van der Waals surface area contributed by atoms with Crippen molar-refractivity contribution >= 4 is 40.6 Å². The summed E-state index contributed by atoms with van der Waals surface area (Å²) in [7, 11) is 1.60. The molecule has 1 aliphatic heterocycles. The summed E-state index contributed by atoms with van der Waals surface area (Å²) in [5.74, 6) is 0.634. The van der Waals surface area contributed by atoms with Crippen LogP contribution in [0.3, 0.4) is 0 Å². The molecule has 1 aliphatic rings. The highest BCUT2D eigenvalue weighted by Gasteiger charge is 2.33. The van der Waals surface area contributed by atoms with Gasteiger partial charge in [0.15, 0.2) is 10.0 Å². The Kier molecular flexibility index (Phi) is 6.66. The number of amides is 1. The number of hydrogen-bond donors (Lipinski definition) is 1. The van der Waals surface area contributed by atoms with E-state index in [1.807, 2.05) is 42.4 Å². The normalized spacial score (nSPS) is 13.7. The Bertz CT molecular complexity index is 1150. The number of thiazole rings is 2. The zero-order chi connectivity index (χ0) is 22.7. The van der Waals surface area contributed by atoms with E-state index in [0.29, 0.717) is 26.0 Å². The number of nitrogens with one attached hydrogen (secondary N) is 1. The van der Waals surface area contributed by atoms with Crippen LogP contribution in [-0.2, 0) is 22.7 Å². The summed E-state index contributed by atoms with van der Waals surface area (Å²) in [5, 5.41) is 4.51. The number of likely N-dealkylation sites (N-methyl/N-ethyl adjacent to an activating group) is 1. The molecule has 166 valence electrons. The van der Waals surface area contributed by atoms with E-state index in [1.54, 1.807) is 29.7 Å². The third kappa shape index (κ3) is 4.44. The summed E-state index contributed by atoms with van der Waals surface area (Å²) in [4.78, 5) is 36.4. The number of nitrogens with zero attached hydrogens (tertiary/aromatic N) is 3. The van der Waals surface area contributed by atoms with Crippen molar-refractivity contribution in [2.24, 2.45) is 0 Å². The van der Waals surface area contributed by atoms with Gasteiger partial charge in [0, 0.05) is 54.1 Å². The van der Waals surface area contributed by atoms with Crippen molar-refractivity contribution < 1.29 is 14.3 Å². The predicted molar refractivity (Wildman–Crippen MR) is 126 cm³/mol. The molecule has 0 bridgehead atoms.